The molecule has 3 heteroatoms. The van der Waals surface area contributed by atoms with E-state index in [0.717, 1.165) is 12.8 Å². The Morgan fingerprint density at radius 3 is 2.71 bits per heavy atom. The highest BCUT2D eigenvalue weighted by Gasteiger charge is 2.48. The SMILES string of the molecule is CC(=O)C1=C[C@@]2(C)[C@H](CC[C@H](O)[C@@H]2C)CC1=O. The summed E-state index contributed by atoms with van der Waals surface area (Å²) in [4.78, 5) is 23.3. The molecule has 2 aliphatic rings. The van der Waals surface area contributed by atoms with Gasteiger partial charge < -0.3 is 5.11 Å². The lowest BCUT2D eigenvalue weighted by molar-refractivity contribution is -0.124. The predicted molar refractivity (Wildman–Crippen MR) is 64.4 cm³/mol. The van der Waals surface area contributed by atoms with Gasteiger partial charge in [0, 0.05) is 6.42 Å². The Bertz CT molecular complexity index is 396. The normalized spacial score (nSPS) is 41.8. The molecular formula is C14H20O3. The minimum absolute atomic E-state index is 0.0245. The Kier molecular flexibility index (Phi) is 2.98. The van der Waals surface area contributed by atoms with Crippen molar-refractivity contribution in [2.45, 2.75) is 46.1 Å². The van der Waals surface area contributed by atoms with Crippen LogP contribution in [-0.2, 0) is 9.59 Å². The number of carbonyl (C=O) groups is 2. The van der Waals surface area contributed by atoms with E-state index in [2.05, 4.69) is 6.92 Å². The third-order valence-corrected chi connectivity index (χ3v) is 4.82. The third kappa shape index (κ3) is 1.86. The zero-order chi connectivity index (χ0) is 12.8. The molecule has 0 aromatic rings. The molecule has 0 heterocycles. The third-order valence-electron chi connectivity index (χ3n) is 4.82. The second kappa shape index (κ2) is 4.05. The first-order chi connectivity index (χ1) is 7.86. The van der Waals surface area contributed by atoms with E-state index in [1.165, 1.54) is 6.92 Å². The Balaban J connectivity index is 2.44. The maximum Gasteiger partial charge on any atom is 0.166 e. The molecule has 1 fully saturated rings. The van der Waals surface area contributed by atoms with Crippen LogP contribution in [0.15, 0.2) is 11.6 Å². The van der Waals surface area contributed by atoms with E-state index in [1.54, 1.807) is 0 Å². The Hall–Kier alpha value is -0.960. The average molecular weight is 236 g/mol. The summed E-state index contributed by atoms with van der Waals surface area (Å²) in [5.41, 5.74) is 0.122. The van der Waals surface area contributed by atoms with Crippen LogP contribution in [0.4, 0.5) is 0 Å². The molecule has 0 saturated heterocycles. The van der Waals surface area contributed by atoms with Gasteiger partial charge >= 0.3 is 0 Å². The van der Waals surface area contributed by atoms with Crippen molar-refractivity contribution in [2.75, 3.05) is 0 Å². The highest BCUT2D eigenvalue weighted by molar-refractivity contribution is 6.19. The quantitative estimate of drug-likeness (QED) is 0.707. The van der Waals surface area contributed by atoms with Gasteiger partial charge in [-0.2, -0.15) is 0 Å². The van der Waals surface area contributed by atoms with Crippen LogP contribution >= 0.6 is 0 Å². The molecule has 0 spiro atoms. The minimum Gasteiger partial charge on any atom is -0.393 e. The fraction of sp³-hybridized carbons (Fsp3) is 0.714. The van der Waals surface area contributed by atoms with Crippen LogP contribution in [0.25, 0.3) is 0 Å². The number of rotatable bonds is 1. The minimum atomic E-state index is -0.325. The van der Waals surface area contributed by atoms with Crippen molar-refractivity contribution in [1.29, 1.82) is 0 Å². The molecule has 0 aromatic carbocycles. The van der Waals surface area contributed by atoms with Crippen LogP contribution in [0.2, 0.25) is 0 Å². The van der Waals surface area contributed by atoms with Gasteiger partial charge in [0.25, 0.3) is 0 Å². The summed E-state index contributed by atoms with van der Waals surface area (Å²) in [5.74, 6) is 0.200. The first kappa shape index (κ1) is 12.5. The lowest BCUT2D eigenvalue weighted by Crippen LogP contribution is -2.47. The smallest absolute Gasteiger partial charge is 0.166 e. The first-order valence-corrected chi connectivity index (χ1v) is 6.31. The largest absolute Gasteiger partial charge is 0.393 e. The van der Waals surface area contributed by atoms with Crippen molar-refractivity contribution in [2.24, 2.45) is 17.3 Å². The molecule has 3 nitrogen and oxygen atoms in total. The van der Waals surface area contributed by atoms with Crippen LogP contribution in [-0.4, -0.2) is 22.8 Å². The Morgan fingerprint density at radius 2 is 2.12 bits per heavy atom. The zero-order valence-corrected chi connectivity index (χ0v) is 10.7. The molecule has 94 valence electrons. The van der Waals surface area contributed by atoms with Gasteiger partial charge in [-0.15, -0.1) is 0 Å². The molecule has 17 heavy (non-hydrogen) atoms. The highest BCUT2D eigenvalue weighted by atomic mass is 16.3. The summed E-state index contributed by atoms with van der Waals surface area (Å²) < 4.78 is 0. The second-order valence-corrected chi connectivity index (χ2v) is 5.74. The summed E-state index contributed by atoms with van der Waals surface area (Å²) in [5, 5.41) is 9.97. The molecule has 0 aromatic heterocycles. The fourth-order valence-corrected chi connectivity index (χ4v) is 3.31. The summed E-state index contributed by atoms with van der Waals surface area (Å²) in [6, 6.07) is 0. The van der Waals surface area contributed by atoms with Gasteiger partial charge in [0.1, 0.15) is 0 Å². The van der Waals surface area contributed by atoms with Gasteiger partial charge in [0.05, 0.1) is 11.7 Å². The van der Waals surface area contributed by atoms with Crippen LogP contribution in [0.5, 0.6) is 0 Å². The molecule has 4 atom stereocenters. The monoisotopic (exact) mass is 236 g/mol. The van der Waals surface area contributed by atoms with E-state index in [9.17, 15) is 14.7 Å². The second-order valence-electron chi connectivity index (χ2n) is 5.74. The van der Waals surface area contributed by atoms with E-state index in [-0.39, 0.29) is 34.9 Å². The van der Waals surface area contributed by atoms with Crippen molar-refractivity contribution in [1.82, 2.24) is 0 Å². The molecular weight excluding hydrogens is 216 g/mol. The van der Waals surface area contributed by atoms with E-state index >= 15 is 0 Å². The van der Waals surface area contributed by atoms with Crippen molar-refractivity contribution in [3.63, 3.8) is 0 Å². The summed E-state index contributed by atoms with van der Waals surface area (Å²) in [6.45, 7) is 5.53. The Morgan fingerprint density at radius 1 is 1.47 bits per heavy atom. The predicted octanol–water partition coefficient (Wildman–Crippen LogP) is 1.89. The summed E-state index contributed by atoms with van der Waals surface area (Å²) >= 11 is 0. The van der Waals surface area contributed by atoms with E-state index < -0.39 is 0 Å². The van der Waals surface area contributed by atoms with Gasteiger partial charge in [-0.1, -0.05) is 19.9 Å². The lowest BCUT2D eigenvalue weighted by atomic mass is 9.56. The van der Waals surface area contributed by atoms with Crippen LogP contribution in [0.3, 0.4) is 0 Å². The highest BCUT2D eigenvalue weighted by Crippen LogP contribution is 2.50. The molecule has 0 aliphatic heterocycles. The molecule has 0 unspecified atom stereocenters. The Labute approximate surface area is 102 Å². The maximum atomic E-state index is 11.9. The first-order valence-electron chi connectivity index (χ1n) is 6.31. The van der Waals surface area contributed by atoms with Crippen LogP contribution in [0.1, 0.15) is 40.0 Å². The van der Waals surface area contributed by atoms with Gasteiger partial charge in [0.15, 0.2) is 11.6 Å². The molecule has 0 bridgehead atoms. The number of aliphatic hydroxyl groups is 1. The van der Waals surface area contributed by atoms with Crippen molar-refractivity contribution in [3.05, 3.63) is 11.6 Å². The number of fused-ring (bicyclic) bond motifs is 1. The molecule has 1 saturated carbocycles. The van der Waals surface area contributed by atoms with Crippen molar-refractivity contribution in [3.8, 4) is 0 Å². The van der Waals surface area contributed by atoms with Crippen LogP contribution in [0, 0.1) is 17.3 Å². The molecule has 1 N–H and O–H groups in total. The lowest BCUT2D eigenvalue weighted by Gasteiger charge is -2.49. The molecule has 0 amide bonds. The van der Waals surface area contributed by atoms with Gasteiger partial charge in [-0.05, 0) is 37.0 Å². The summed E-state index contributed by atoms with van der Waals surface area (Å²) in [6.07, 6.45) is 3.60. The van der Waals surface area contributed by atoms with Gasteiger partial charge in [0.2, 0.25) is 0 Å². The molecule has 2 aliphatic carbocycles. The fourth-order valence-electron chi connectivity index (χ4n) is 3.31. The topological polar surface area (TPSA) is 54.4 Å². The number of allylic oxidation sites excluding steroid dienone is 2. The zero-order valence-electron chi connectivity index (χ0n) is 10.7. The van der Waals surface area contributed by atoms with Crippen molar-refractivity contribution >= 4 is 11.6 Å². The number of Topliss-reactive ketones (excluding diaryl/α,β-unsaturated/α-hetero) is 2. The van der Waals surface area contributed by atoms with Gasteiger partial charge in [-0.25, -0.2) is 0 Å². The number of ketones is 2. The number of hydrogen-bond donors (Lipinski definition) is 1. The van der Waals surface area contributed by atoms with Gasteiger partial charge in [-0.3, -0.25) is 9.59 Å². The number of aliphatic hydroxyl groups excluding tert-OH is 1. The number of carbonyl (C=O) groups excluding carboxylic acids is 2. The number of hydrogen-bond acceptors (Lipinski definition) is 3. The van der Waals surface area contributed by atoms with E-state index in [0.29, 0.717) is 12.0 Å². The average Bonchev–Trinajstić information content (AvgIpc) is 2.26. The molecule has 0 radical (unpaired) electrons. The van der Waals surface area contributed by atoms with E-state index in [4.69, 9.17) is 0 Å². The standard InChI is InChI=1S/C14H20O3/c1-8-12(16)5-4-10-6-13(17)11(9(2)15)7-14(8,10)3/h7-8,10,12,16H,4-6H2,1-3H3/t8-,10+,12-,14+/m0/s1. The van der Waals surface area contributed by atoms with Crippen molar-refractivity contribution < 1.29 is 14.7 Å². The summed E-state index contributed by atoms with van der Waals surface area (Å²) in [7, 11) is 0. The molecule has 2 rings (SSSR count). The van der Waals surface area contributed by atoms with E-state index in [1.807, 2.05) is 13.0 Å². The van der Waals surface area contributed by atoms with Crippen LogP contribution < -0.4 is 0 Å². The maximum absolute atomic E-state index is 11.9.